The van der Waals surface area contributed by atoms with E-state index in [2.05, 4.69) is 6.07 Å². The Hall–Kier alpha value is -3.11. The number of benzene rings is 1. The molecule has 164 valence electrons. The topological polar surface area (TPSA) is 90.9 Å². The lowest BCUT2D eigenvalue weighted by Crippen LogP contribution is -2.46. The number of fused-ring (bicyclic) bond motifs is 1. The number of thiazole rings is 1. The fourth-order valence-corrected chi connectivity index (χ4v) is 5.89. The summed E-state index contributed by atoms with van der Waals surface area (Å²) in [6.45, 7) is 0.695. The summed E-state index contributed by atoms with van der Waals surface area (Å²) in [5, 5.41) is 2.92. The Morgan fingerprint density at radius 1 is 1.00 bits per heavy atom. The van der Waals surface area contributed by atoms with Gasteiger partial charge in [-0.15, -0.1) is 22.7 Å². The van der Waals surface area contributed by atoms with Crippen molar-refractivity contribution < 1.29 is 19.2 Å². The van der Waals surface area contributed by atoms with Crippen LogP contribution in [0.15, 0.2) is 41.8 Å². The van der Waals surface area contributed by atoms with Crippen LogP contribution in [0.25, 0.3) is 10.2 Å². The van der Waals surface area contributed by atoms with Gasteiger partial charge in [-0.1, -0.05) is 18.2 Å². The maximum atomic E-state index is 12.8. The zero-order valence-electron chi connectivity index (χ0n) is 17.1. The standard InChI is InChI=1S/C22H20N4O4S2/c27-18(13-26-21(29)20(28)25(22(26)30)12-15-4-3-11-31-15)24-9-7-14(8-10-24)19-23-16-5-1-2-6-17(16)32-19/h1-6,11,14H,7-10,12-13H2. The van der Waals surface area contributed by atoms with Gasteiger partial charge in [0, 0.05) is 23.9 Å². The van der Waals surface area contributed by atoms with Crippen LogP contribution >= 0.6 is 22.7 Å². The number of hydrogen-bond acceptors (Lipinski definition) is 7. The number of carbonyl (C=O) groups excluding carboxylic acids is 4. The maximum Gasteiger partial charge on any atom is 0.335 e. The molecule has 0 atom stereocenters. The first-order chi connectivity index (χ1) is 15.5. The molecule has 2 aliphatic rings. The van der Waals surface area contributed by atoms with Crippen molar-refractivity contribution in [2.75, 3.05) is 19.6 Å². The highest BCUT2D eigenvalue weighted by molar-refractivity contribution is 7.18. The first kappa shape index (κ1) is 20.8. The van der Waals surface area contributed by atoms with E-state index in [1.807, 2.05) is 29.6 Å². The van der Waals surface area contributed by atoms with Crippen LogP contribution in [-0.4, -0.2) is 63.1 Å². The predicted molar refractivity (Wildman–Crippen MR) is 120 cm³/mol. The van der Waals surface area contributed by atoms with E-state index in [0.29, 0.717) is 13.1 Å². The molecule has 0 spiro atoms. The van der Waals surface area contributed by atoms with Crippen LogP contribution < -0.4 is 0 Å². The average Bonchev–Trinajstić information content (AvgIpc) is 3.52. The molecule has 2 saturated heterocycles. The summed E-state index contributed by atoms with van der Waals surface area (Å²) in [4.78, 5) is 58.9. The molecule has 8 nitrogen and oxygen atoms in total. The largest absolute Gasteiger partial charge is 0.341 e. The number of thiophene rings is 1. The Kier molecular flexibility index (Phi) is 5.48. The lowest BCUT2D eigenvalue weighted by molar-refractivity contribution is -0.145. The van der Waals surface area contributed by atoms with Crippen molar-refractivity contribution >= 4 is 56.6 Å². The molecule has 0 N–H and O–H groups in total. The predicted octanol–water partition coefficient (Wildman–Crippen LogP) is 3.05. The lowest BCUT2D eigenvalue weighted by Gasteiger charge is -2.31. The molecule has 4 heterocycles. The summed E-state index contributed by atoms with van der Waals surface area (Å²) in [5.74, 6) is -1.86. The van der Waals surface area contributed by atoms with Crippen molar-refractivity contribution in [3.63, 3.8) is 0 Å². The highest BCUT2D eigenvalue weighted by Crippen LogP contribution is 2.34. The fraction of sp³-hybridized carbons (Fsp3) is 0.318. The summed E-state index contributed by atoms with van der Waals surface area (Å²) >= 11 is 3.08. The van der Waals surface area contributed by atoms with Gasteiger partial charge in [0.1, 0.15) is 6.54 Å². The number of rotatable bonds is 5. The fourth-order valence-electron chi connectivity index (χ4n) is 4.06. The Morgan fingerprint density at radius 3 is 2.47 bits per heavy atom. The molecule has 0 saturated carbocycles. The monoisotopic (exact) mass is 468 g/mol. The highest BCUT2D eigenvalue weighted by Gasteiger charge is 2.45. The molecule has 1 aromatic carbocycles. The van der Waals surface area contributed by atoms with E-state index in [1.54, 1.807) is 22.3 Å². The van der Waals surface area contributed by atoms with E-state index in [1.165, 1.54) is 11.3 Å². The number of carbonyl (C=O) groups is 4. The quantitative estimate of drug-likeness (QED) is 0.424. The molecule has 0 unspecified atom stereocenters. The molecule has 5 rings (SSSR count). The Labute approximate surface area is 192 Å². The molecule has 10 heteroatoms. The Bertz CT molecular complexity index is 1160. The molecular weight excluding hydrogens is 448 g/mol. The molecule has 3 aromatic rings. The Morgan fingerprint density at radius 2 is 1.75 bits per heavy atom. The van der Waals surface area contributed by atoms with Gasteiger partial charge in [-0.2, -0.15) is 0 Å². The minimum atomic E-state index is -0.940. The lowest BCUT2D eigenvalue weighted by atomic mass is 9.97. The van der Waals surface area contributed by atoms with Crippen molar-refractivity contribution in [2.24, 2.45) is 0 Å². The van der Waals surface area contributed by atoms with E-state index in [0.717, 1.165) is 42.7 Å². The van der Waals surface area contributed by atoms with Gasteiger partial charge >= 0.3 is 17.8 Å². The maximum absolute atomic E-state index is 12.8. The van der Waals surface area contributed by atoms with Crippen LogP contribution in [0.3, 0.4) is 0 Å². The normalized spacial score (nSPS) is 17.8. The molecule has 0 bridgehead atoms. The van der Waals surface area contributed by atoms with Crippen molar-refractivity contribution in [2.45, 2.75) is 25.3 Å². The summed E-state index contributed by atoms with van der Waals surface area (Å²) in [6, 6.07) is 10.9. The van der Waals surface area contributed by atoms with Gasteiger partial charge in [0.05, 0.1) is 21.8 Å². The molecule has 5 amide bonds. The number of hydrogen-bond donors (Lipinski definition) is 0. The summed E-state index contributed by atoms with van der Waals surface area (Å²) in [7, 11) is 0. The third-order valence-corrected chi connectivity index (χ3v) is 7.89. The molecule has 0 aliphatic carbocycles. The van der Waals surface area contributed by atoms with Gasteiger partial charge in [0.2, 0.25) is 5.91 Å². The van der Waals surface area contributed by atoms with Gasteiger partial charge in [-0.25, -0.2) is 14.7 Å². The molecule has 2 fully saturated rings. The summed E-state index contributed by atoms with van der Waals surface area (Å²) in [6.07, 6.45) is 1.55. The second-order valence-corrected chi connectivity index (χ2v) is 9.91. The SMILES string of the molecule is O=C(CN1C(=O)C(=O)N(Cc2cccs2)C1=O)N1CCC(c2nc3ccccc3s2)CC1. The first-order valence-electron chi connectivity index (χ1n) is 10.3. The van der Waals surface area contributed by atoms with E-state index in [9.17, 15) is 19.2 Å². The molecule has 2 aliphatic heterocycles. The van der Waals surface area contributed by atoms with Crippen molar-refractivity contribution in [1.82, 2.24) is 19.7 Å². The van der Waals surface area contributed by atoms with Gasteiger partial charge in [-0.05, 0) is 36.4 Å². The molecule has 32 heavy (non-hydrogen) atoms. The van der Waals surface area contributed by atoms with Crippen molar-refractivity contribution in [3.8, 4) is 0 Å². The summed E-state index contributed by atoms with van der Waals surface area (Å²) < 4.78 is 1.16. The number of amides is 5. The van der Waals surface area contributed by atoms with E-state index in [4.69, 9.17) is 4.98 Å². The number of aromatic nitrogens is 1. The zero-order chi connectivity index (χ0) is 22.2. The minimum Gasteiger partial charge on any atom is -0.341 e. The summed E-state index contributed by atoms with van der Waals surface area (Å²) in [5.41, 5.74) is 0.994. The van der Waals surface area contributed by atoms with Crippen molar-refractivity contribution in [3.05, 3.63) is 51.7 Å². The van der Waals surface area contributed by atoms with E-state index < -0.39 is 24.4 Å². The van der Waals surface area contributed by atoms with Crippen molar-refractivity contribution in [1.29, 1.82) is 0 Å². The number of para-hydroxylation sites is 1. The van der Waals surface area contributed by atoms with Gasteiger partial charge in [0.25, 0.3) is 0 Å². The third-order valence-electron chi connectivity index (χ3n) is 5.83. The smallest absolute Gasteiger partial charge is 0.335 e. The van der Waals surface area contributed by atoms with Crippen LogP contribution in [0.1, 0.15) is 28.6 Å². The molecule has 2 aromatic heterocycles. The Balaban J connectivity index is 1.19. The van der Waals surface area contributed by atoms with Crippen LogP contribution in [0.5, 0.6) is 0 Å². The van der Waals surface area contributed by atoms with Crippen LogP contribution in [0.2, 0.25) is 0 Å². The average molecular weight is 469 g/mol. The highest BCUT2D eigenvalue weighted by atomic mass is 32.1. The van der Waals surface area contributed by atoms with E-state index >= 15 is 0 Å². The third kappa shape index (κ3) is 3.80. The van der Waals surface area contributed by atoms with Gasteiger partial charge in [0.15, 0.2) is 0 Å². The number of likely N-dealkylation sites (tertiary alicyclic amines) is 1. The van der Waals surface area contributed by atoms with Crippen LogP contribution in [-0.2, 0) is 20.9 Å². The zero-order valence-corrected chi connectivity index (χ0v) is 18.7. The number of urea groups is 1. The van der Waals surface area contributed by atoms with Crippen LogP contribution in [0.4, 0.5) is 4.79 Å². The second kappa shape index (κ2) is 8.44. The second-order valence-electron chi connectivity index (χ2n) is 7.82. The number of nitrogens with zero attached hydrogens (tertiary/aromatic N) is 4. The molecular formula is C22H20N4O4S2. The minimum absolute atomic E-state index is 0.0410. The number of piperidine rings is 1. The number of imide groups is 2. The van der Waals surface area contributed by atoms with Gasteiger partial charge < -0.3 is 4.90 Å². The first-order valence-corrected chi connectivity index (χ1v) is 12.0. The van der Waals surface area contributed by atoms with Gasteiger partial charge in [-0.3, -0.25) is 19.3 Å². The van der Waals surface area contributed by atoms with E-state index in [-0.39, 0.29) is 18.4 Å². The van der Waals surface area contributed by atoms with Crippen LogP contribution in [0, 0.1) is 0 Å². The molecule has 0 radical (unpaired) electrons.